The van der Waals surface area contributed by atoms with Gasteiger partial charge in [0.1, 0.15) is 0 Å². The Kier molecular flexibility index (Phi) is 5.74. The summed E-state index contributed by atoms with van der Waals surface area (Å²) in [5.74, 6) is 0. The second-order valence-electron chi connectivity index (χ2n) is 3.22. The number of ether oxygens (including phenoxy) is 2. The number of aryl methyl sites for hydroxylation is 1. The third-order valence-electron chi connectivity index (χ3n) is 2.09. The van der Waals surface area contributed by atoms with Crippen molar-refractivity contribution in [1.82, 2.24) is 9.55 Å². The molecule has 1 aromatic heterocycles. The van der Waals surface area contributed by atoms with Gasteiger partial charge in [0, 0.05) is 38.6 Å². The van der Waals surface area contributed by atoms with Gasteiger partial charge in [-0.05, 0) is 19.9 Å². The highest BCUT2D eigenvalue weighted by atomic mass is 16.7. The van der Waals surface area contributed by atoms with Crippen molar-refractivity contribution < 1.29 is 9.47 Å². The van der Waals surface area contributed by atoms with Crippen molar-refractivity contribution in [1.29, 1.82) is 0 Å². The van der Waals surface area contributed by atoms with Gasteiger partial charge >= 0.3 is 5.69 Å². The molecule has 0 atom stereocenters. The van der Waals surface area contributed by atoms with Crippen LogP contribution in [0.1, 0.15) is 20.3 Å². The van der Waals surface area contributed by atoms with E-state index in [-0.39, 0.29) is 12.0 Å². The Labute approximate surface area is 95.0 Å². The Balaban J connectivity index is 2.48. The van der Waals surface area contributed by atoms with Gasteiger partial charge in [-0.25, -0.2) is 9.78 Å². The highest BCUT2D eigenvalue weighted by molar-refractivity contribution is 4.80. The molecule has 16 heavy (non-hydrogen) atoms. The maximum Gasteiger partial charge on any atom is 0.347 e. The lowest BCUT2D eigenvalue weighted by molar-refractivity contribution is -0.141. The second-order valence-corrected chi connectivity index (χ2v) is 3.22. The molecule has 0 fully saturated rings. The molecule has 1 rings (SSSR count). The van der Waals surface area contributed by atoms with Gasteiger partial charge in [0.2, 0.25) is 0 Å². The molecular formula is C11H18N2O3. The summed E-state index contributed by atoms with van der Waals surface area (Å²) < 4.78 is 12.3. The summed E-state index contributed by atoms with van der Waals surface area (Å²) in [5, 5.41) is 0. The van der Waals surface area contributed by atoms with E-state index in [1.165, 1.54) is 6.20 Å². The van der Waals surface area contributed by atoms with E-state index in [1.54, 1.807) is 16.8 Å². The third kappa shape index (κ3) is 4.12. The maximum absolute atomic E-state index is 11.3. The van der Waals surface area contributed by atoms with Gasteiger partial charge in [-0.1, -0.05) is 0 Å². The Morgan fingerprint density at radius 3 is 2.62 bits per heavy atom. The first-order chi connectivity index (χ1) is 7.77. The Bertz CT molecular complexity index is 345. The first-order valence-corrected chi connectivity index (χ1v) is 5.52. The van der Waals surface area contributed by atoms with Crippen LogP contribution in [-0.4, -0.2) is 29.1 Å². The van der Waals surface area contributed by atoms with Crippen LogP contribution in [0.5, 0.6) is 0 Å². The summed E-state index contributed by atoms with van der Waals surface area (Å²) in [5.41, 5.74) is -0.241. The zero-order chi connectivity index (χ0) is 11.8. The molecule has 90 valence electrons. The summed E-state index contributed by atoms with van der Waals surface area (Å²) >= 11 is 0. The number of hydrogen-bond acceptors (Lipinski definition) is 4. The molecule has 1 aromatic rings. The number of aromatic nitrogens is 2. The summed E-state index contributed by atoms with van der Waals surface area (Å²) in [6.07, 6.45) is 3.60. The van der Waals surface area contributed by atoms with E-state index >= 15 is 0 Å². The molecule has 0 saturated heterocycles. The van der Waals surface area contributed by atoms with Crippen LogP contribution < -0.4 is 5.69 Å². The molecule has 0 spiro atoms. The van der Waals surface area contributed by atoms with Crippen LogP contribution in [0.15, 0.2) is 23.3 Å². The first-order valence-electron chi connectivity index (χ1n) is 5.52. The van der Waals surface area contributed by atoms with Gasteiger partial charge in [0.25, 0.3) is 0 Å². The lowest BCUT2D eigenvalue weighted by Crippen LogP contribution is -2.26. The fourth-order valence-electron chi connectivity index (χ4n) is 1.39. The lowest BCUT2D eigenvalue weighted by Gasteiger charge is -2.16. The lowest BCUT2D eigenvalue weighted by atomic mass is 10.4. The Morgan fingerprint density at radius 2 is 2.06 bits per heavy atom. The third-order valence-corrected chi connectivity index (χ3v) is 2.09. The van der Waals surface area contributed by atoms with Crippen molar-refractivity contribution in [2.45, 2.75) is 33.1 Å². The molecule has 0 bridgehead atoms. The van der Waals surface area contributed by atoms with Gasteiger partial charge in [0.05, 0.1) is 0 Å². The minimum atomic E-state index is -0.248. The van der Waals surface area contributed by atoms with E-state index in [0.29, 0.717) is 26.2 Å². The van der Waals surface area contributed by atoms with Gasteiger partial charge in [-0.15, -0.1) is 0 Å². The molecule has 5 nitrogen and oxygen atoms in total. The average molecular weight is 226 g/mol. The molecule has 5 heteroatoms. The van der Waals surface area contributed by atoms with Crippen LogP contribution >= 0.6 is 0 Å². The van der Waals surface area contributed by atoms with Crippen LogP contribution in [0.3, 0.4) is 0 Å². The summed E-state index contributed by atoms with van der Waals surface area (Å²) in [6, 6.07) is 1.73. The second kappa shape index (κ2) is 7.14. The summed E-state index contributed by atoms with van der Waals surface area (Å²) in [4.78, 5) is 15.0. The monoisotopic (exact) mass is 226 g/mol. The van der Waals surface area contributed by atoms with Crippen LogP contribution in [0, 0.1) is 0 Å². The fourth-order valence-corrected chi connectivity index (χ4v) is 1.39. The molecule has 0 aliphatic rings. The van der Waals surface area contributed by atoms with E-state index in [9.17, 15) is 4.79 Å². The minimum absolute atomic E-state index is 0.241. The standard InChI is InChI=1S/C11H18N2O3/c1-3-15-10(16-4-2)6-9-13-8-5-7-12-11(13)14/h5,7-8,10H,3-4,6,9H2,1-2H3. The fraction of sp³-hybridized carbons (Fsp3) is 0.636. The van der Waals surface area contributed by atoms with Crippen LogP contribution in [-0.2, 0) is 16.0 Å². The van der Waals surface area contributed by atoms with Crippen molar-refractivity contribution in [2.24, 2.45) is 0 Å². The number of nitrogens with zero attached hydrogens (tertiary/aromatic N) is 2. The SMILES string of the molecule is CCOC(CCn1cccnc1=O)OCC. The van der Waals surface area contributed by atoms with Crippen LogP contribution in [0.4, 0.5) is 0 Å². The average Bonchev–Trinajstić information content (AvgIpc) is 2.28. The molecule has 0 amide bonds. The number of hydrogen-bond donors (Lipinski definition) is 0. The van der Waals surface area contributed by atoms with Gasteiger partial charge in [-0.2, -0.15) is 0 Å². The van der Waals surface area contributed by atoms with E-state index in [4.69, 9.17) is 9.47 Å². The molecule has 0 N–H and O–H groups in total. The van der Waals surface area contributed by atoms with E-state index in [0.717, 1.165) is 0 Å². The zero-order valence-electron chi connectivity index (χ0n) is 9.76. The molecule has 0 saturated carbocycles. The molecule has 0 unspecified atom stereocenters. The minimum Gasteiger partial charge on any atom is -0.353 e. The van der Waals surface area contributed by atoms with E-state index in [1.807, 2.05) is 13.8 Å². The number of rotatable bonds is 7. The molecule has 0 aromatic carbocycles. The summed E-state index contributed by atoms with van der Waals surface area (Å²) in [7, 11) is 0. The van der Waals surface area contributed by atoms with Crippen molar-refractivity contribution >= 4 is 0 Å². The van der Waals surface area contributed by atoms with Crippen LogP contribution in [0.2, 0.25) is 0 Å². The molecule has 0 aliphatic heterocycles. The highest BCUT2D eigenvalue weighted by Gasteiger charge is 2.08. The van der Waals surface area contributed by atoms with Gasteiger partial charge < -0.3 is 9.47 Å². The molecule has 1 heterocycles. The van der Waals surface area contributed by atoms with Crippen LogP contribution in [0.25, 0.3) is 0 Å². The summed E-state index contributed by atoms with van der Waals surface area (Å²) in [6.45, 7) is 5.60. The Hall–Kier alpha value is -1.20. The predicted octanol–water partition coefficient (Wildman–Crippen LogP) is 1.03. The topological polar surface area (TPSA) is 53.4 Å². The normalized spacial score (nSPS) is 10.9. The van der Waals surface area contributed by atoms with Crippen molar-refractivity contribution in [3.05, 3.63) is 28.9 Å². The van der Waals surface area contributed by atoms with Crippen molar-refractivity contribution in [3.63, 3.8) is 0 Å². The van der Waals surface area contributed by atoms with Gasteiger partial charge in [-0.3, -0.25) is 4.57 Å². The van der Waals surface area contributed by atoms with E-state index in [2.05, 4.69) is 4.98 Å². The molecular weight excluding hydrogens is 208 g/mol. The largest absolute Gasteiger partial charge is 0.353 e. The van der Waals surface area contributed by atoms with Crippen molar-refractivity contribution in [2.75, 3.05) is 13.2 Å². The predicted molar refractivity (Wildman–Crippen MR) is 60.2 cm³/mol. The molecule has 0 aliphatic carbocycles. The smallest absolute Gasteiger partial charge is 0.347 e. The Morgan fingerprint density at radius 1 is 1.38 bits per heavy atom. The van der Waals surface area contributed by atoms with Gasteiger partial charge in [0.15, 0.2) is 6.29 Å². The van der Waals surface area contributed by atoms with E-state index < -0.39 is 0 Å². The maximum atomic E-state index is 11.3. The highest BCUT2D eigenvalue weighted by Crippen LogP contribution is 2.02. The molecule has 0 radical (unpaired) electrons. The van der Waals surface area contributed by atoms with Crippen molar-refractivity contribution in [3.8, 4) is 0 Å². The quantitative estimate of drug-likeness (QED) is 0.652. The first kappa shape index (κ1) is 12.9. The zero-order valence-corrected chi connectivity index (χ0v) is 9.76.